The van der Waals surface area contributed by atoms with Crippen LogP contribution in [0.25, 0.3) is 0 Å². The van der Waals surface area contributed by atoms with E-state index in [-0.39, 0.29) is 23.9 Å². The number of primary amides is 1. The lowest BCUT2D eigenvalue weighted by atomic mass is 10.0. The van der Waals surface area contributed by atoms with E-state index in [0.29, 0.717) is 18.7 Å². The van der Waals surface area contributed by atoms with E-state index in [1.807, 2.05) is 13.8 Å². The zero-order valence-corrected chi connectivity index (χ0v) is 14.0. The minimum Gasteiger partial charge on any atom is -0.368 e. The van der Waals surface area contributed by atoms with Crippen molar-refractivity contribution in [3.63, 3.8) is 0 Å². The maximum atomic E-state index is 12.5. The molecule has 124 valence electrons. The number of carbonyl (C=O) groups excluding carboxylic acids is 3. The second kappa shape index (κ2) is 6.81. The van der Waals surface area contributed by atoms with Gasteiger partial charge in [0.2, 0.25) is 11.8 Å². The van der Waals surface area contributed by atoms with Gasteiger partial charge in [0.05, 0.1) is 6.04 Å². The van der Waals surface area contributed by atoms with E-state index in [9.17, 15) is 14.4 Å². The molecule has 0 radical (unpaired) electrons. The smallest absolute Gasteiger partial charge is 0.320 e. The van der Waals surface area contributed by atoms with Gasteiger partial charge in [-0.1, -0.05) is 20.4 Å². The van der Waals surface area contributed by atoms with E-state index in [4.69, 9.17) is 5.73 Å². The van der Waals surface area contributed by atoms with Crippen molar-refractivity contribution in [2.75, 3.05) is 27.2 Å². The van der Waals surface area contributed by atoms with E-state index in [2.05, 4.69) is 6.58 Å². The average Bonchev–Trinajstić information content (AvgIpc) is 2.34. The lowest BCUT2D eigenvalue weighted by Gasteiger charge is -2.45. The van der Waals surface area contributed by atoms with Crippen molar-refractivity contribution >= 4 is 17.8 Å². The highest BCUT2D eigenvalue weighted by molar-refractivity contribution is 5.93. The first kappa shape index (κ1) is 18.0. The quantitative estimate of drug-likeness (QED) is 0.739. The number of amides is 4. The number of hydrogen-bond donors (Lipinski definition) is 1. The normalized spacial score (nSPS) is 16.0. The van der Waals surface area contributed by atoms with Crippen LogP contribution in [0, 0.1) is 5.92 Å². The predicted octanol–water partition coefficient (Wildman–Crippen LogP) is 0.267. The number of carbonyl (C=O) groups is 3. The lowest BCUT2D eigenvalue weighted by molar-refractivity contribution is -0.133. The fourth-order valence-corrected chi connectivity index (χ4v) is 2.63. The fourth-order valence-electron chi connectivity index (χ4n) is 2.63. The maximum absolute atomic E-state index is 12.5. The molecule has 0 bridgehead atoms. The standard InChI is InChI=1S/C15H26N4O3/c1-9(2)12(13(16)20)18(6)15(22)17(5)11-7-19(8-11)14(21)10(3)4/h9,11-12H,3,7-8H2,1-2,4-6H3,(H2,16,20)/t12-/m0/s1. The molecule has 0 saturated carbocycles. The summed E-state index contributed by atoms with van der Waals surface area (Å²) in [6.45, 7) is 9.93. The van der Waals surface area contributed by atoms with Gasteiger partial charge in [-0.15, -0.1) is 0 Å². The second-order valence-corrected chi connectivity index (χ2v) is 6.24. The van der Waals surface area contributed by atoms with Crippen LogP contribution in [-0.4, -0.2) is 71.8 Å². The summed E-state index contributed by atoms with van der Waals surface area (Å²) < 4.78 is 0. The Morgan fingerprint density at radius 1 is 1.23 bits per heavy atom. The van der Waals surface area contributed by atoms with Gasteiger partial charge in [-0.2, -0.15) is 0 Å². The number of likely N-dealkylation sites (N-methyl/N-ethyl adjacent to an activating group) is 2. The van der Waals surface area contributed by atoms with Gasteiger partial charge >= 0.3 is 6.03 Å². The van der Waals surface area contributed by atoms with Crippen LogP contribution in [-0.2, 0) is 9.59 Å². The van der Waals surface area contributed by atoms with Crippen LogP contribution in [0.4, 0.5) is 4.79 Å². The van der Waals surface area contributed by atoms with Gasteiger partial charge in [0.15, 0.2) is 0 Å². The first-order chi connectivity index (χ1) is 10.1. The maximum Gasteiger partial charge on any atom is 0.320 e. The summed E-state index contributed by atoms with van der Waals surface area (Å²) in [5, 5.41) is 0. The molecule has 1 heterocycles. The van der Waals surface area contributed by atoms with Crippen molar-refractivity contribution in [1.82, 2.24) is 14.7 Å². The minimum atomic E-state index is -0.650. The highest BCUT2D eigenvalue weighted by Crippen LogP contribution is 2.18. The Balaban J connectivity index is 2.65. The third-order valence-electron chi connectivity index (χ3n) is 4.01. The molecule has 7 heteroatoms. The lowest BCUT2D eigenvalue weighted by Crippen LogP contribution is -2.64. The molecule has 2 N–H and O–H groups in total. The Labute approximate surface area is 131 Å². The Morgan fingerprint density at radius 3 is 2.09 bits per heavy atom. The molecule has 1 saturated heterocycles. The highest BCUT2D eigenvalue weighted by atomic mass is 16.2. The molecule has 0 aromatic heterocycles. The molecule has 1 aliphatic rings. The second-order valence-electron chi connectivity index (χ2n) is 6.24. The summed E-state index contributed by atoms with van der Waals surface area (Å²) in [5.74, 6) is -0.683. The van der Waals surface area contributed by atoms with Gasteiger partial charge in [0, 0.05) is 32.8 Å². The molecule has 1 aliphatic heterocycles. The molecule has 0 aliphatic carbocycles. The first-order valence-electron chi connectivity index (χ1n) is 7.31. The number of likely N-dealkylation sites (tertiary alicyclic amines) is 1. The summed E-state index contributed by atoms with van der Waals surface area (Å²) in [4.78, 5) is 40.3. The summed E-state index contributed by atoms with van der Waals surface area (Å²) >= 11 is 0. The molecular formula is C15H26N4O3. The van der Waals surface area contributed by atoms with E-state index in [1.165, 1.54) is 4.90 Å². The Morgan fingerprint density at radius 2 is 1.73 bits per heavy atom. The van der Waals surface area contributed by atoms with Crippen LogP contribution in [0.5, 0.6) is 0 Å². The van der Waals surface area contributed by atoms with E-state index in [1.54, 1.807) is 30.8 Å². The third-order valence-corrected chi connectivity index (χ3v) is 4.01. The molecule has 1 fully saturated rings. The fraction of sp³-hybridized carbons (Fsp3) is 0.667. The molecular weight excluding hydrogens is 284 g/mol. The van der Waals surface area contributed by atoms with Gasteiger partial charge < -0.3 is 20.4 Å². The van der Waals surface area contributed by atoms with Crippen LogP contribution in [0.1, 0.15) is 20.8 Å². The molecule has 1 rings (SSSR count). The molecule has 0 aromatic carbocycles. The number of rotatable bonds is 5. The van der Waals surface area contributed by atoms with Crippen LogP contribution < -0.4 is 5.73 Å². The number of urea groups is 1. The number of hydrogen-bond acceptors (Lipinski definition) is 3. The number of nitrogens with two attached hydrogens (primary N) is 1. The zero-order valence-electron chi connectivity index (χ0n) is 14.0. The summed E-state index contributed by atoms with van der Waals surface area (Å²) in [6, 6.07) is -0.980. The Kier molecular flexibility index (Phi) is 5.57. The van der Waals surface area contributed by atoms with Gasteiger partial charge in [-0.25, -0.2) is 4.79 Å². The van der Waals surface area contributed by atoms with Crippen molar-refractivity contribution in [2.24, 2.45) is 11.7 Å². The van der Waals surface area contributed by atoms with E-state index < -0.39 is 11.9 Å². The topological polar surface area (TPSA) is 87.0 Å². The average molecular weight is 310 g/mol. The molecule has 7 nitrogen and oxygen atoms in total. The van der Waals surface area contributed by atoms with Crippen LogP contribution >= 0.6 is 0 Å². The molecule has 1 atom stereocenters. The van der Waals surface area contributed by atoms with Crippen LogP contribution in [0.3, 0.4) is 0 Å². The van der Waals surface area contributed by atoms with Gasteiger partial charge in [0.25, 0.3) is 0 Å². The summed E-state index contributed by atoms with van der Waals surface area (Å²) in [7, 11) is 3.24. The minimum absolute atomic E-state index is 0.0565. The summed E-state index contributed by atoms with van der Waals surface area (Å²) in [5.41, 5.74) is 5.86. The molecule has 4 amide bonds. The van der Waals surface area contributed by atoms with Crippen molar-refractivity contribution in [2.45, 2.75) is 32.9 Å². The van der Waals surface area contributed by atoms with Crippen molar-refractivity contribution in [1.29, 1.82) is 0 Å². The van der Waals surface area contributed by atoms with E-state index >= 15 is 0 Å². The Bertz CT molecular complexity index is 483. The van der Waals surface area contributed by atoms with Crippen LogP contribution in [0.15, 0.2) is 12.2 Å². The first-order valence-corrected chi connectivity index (χ1v) is 7.31. The molecule has 22 heavy (non-hydrogen) atoms. The SMILES string of the molecule is C=C(C)C(=O)N1CC(N(C)C(=O)N(C)[C@H](C(N)=O)C(C)C)C1. The zero-order chi connectivity index (χ0) is 17.2. The molecule has 0 spiro atoms. The predicted molar refractivity (Wildman–Crippen MR) is 83.9 cm³/mol. The molecule has 0 aromatic rings. The van der Waals surface area contributed by atoms with Crippen molar-refractivity contribution in [3.8, 4) is 0 Å². The molecule has 0 unspecified atom stereocenters. The van der Waals surface area contributed by atoms with Gasteiger partial charge in [0.1, 0.15) is 6.04 Å². The van der Waals surface area contributed by atoms with Crippen molar-refractivity contribution < 1.29 is 14.4 Å². The van der Waals surface area contributed by atoms with Gasteiger partial charge in [-0.05, 0) is 12.8 Å². The number of nitrogens with zero attached hydrogens (tertiary/aromatic N) is 3. The van der Waals surface area contributed by atoms with E-state index in [0.717, 1.165) is 0 Å². The van der Waals surface area contributed by atoms with Gasteiger partial charge in [-0.3, -0.25) is 9.59 Å². The van der Waals surface area contributed by atoms with Crippen molar-refractivity contribution in [3.05, 3.63) is 12.2 Å². The summed E-state index contributed by atoms with van der Waals surface area (Å²) in [6.07, 6.45) is 0. The largest absolute Gasteiger partial charge is 0.368 e. The Hall–Kier alpha value is -2.05. The highest BCUT2D eigenvalue weighted by Gasteiger charge is 2.38. The van der Waals surface area contributed by atoms with Crippen LogP contribution in [0.2, 0.25) is 0 Å². The monoisotopic (exact) mass is 310 g/mol. The third kappa shape index (κ3) is 3.58.